The van der Waals surface area contributed by atoms with Gasteiger partial charge in [0.15, 0.2) is 0 Å². The Labute approximate surface area is 114 Å². The maximum Gasteiger partial charge on any atom is 0.272 e. The van der Waals surface area contributed by atoms with Gasteiger partial charge < -0.3 is 15.2 Å². The molecule has 2 rings (SSSR count). The number of piperazine rings is 1. The van der Waals surface area contributed by atoms with E-state index in [1.54, 1.807) is 17.1 Å². The third-order valence-corrected chi connectivity index (χ3v) is 3.90. The Hall–Kier alpha value is -1.40. The average Bonchev–Trinajstić information content (AvgIpc) is 2.86. The minimum Gasteiger partial charge on any atom is -0.335 e. The fourth-order valence-electron chi connectivity index (χ4n) is 2.59. The average molecular weight is 265 g/mol. The largest absolute Gasteiger partial charge is 0.335 e. The van der Waals surface area contributed by atoms with Crippen LogP contribution in [0.3, 0.4) is 0 Å². The molecule has 2 heterocycles. The summed E-state index contributed by atoms with van der Waals surface area (Å²) < 4.78 is 1.77. The standard InChI is InChI=1S/C13H23N5O/c1-3-11(8-14)17-4-6-18(7-5-17)13(19)12-9-15-10-16(12)2/h9-11H,3-8,14H2,1-2H3. The van der Waals surface area contributed by atoms with Crippen molar-refractivity contribution in [2.45, 2.75) is 19.4 Å². The van der Waals surface area contributed by atoms with E-state index in [1.807, 2.05) is 11.9 Å². The summed E-state index contributed by atoms with van der Waals surface area (Å²) in [6.07, 6.45) is 4.35. The normalized spacial score (nSPS) is 18.6. The van der Waals surface area contributed by atoms with Crippen LogP contribution in [0.4, 0.5) is 0 Å². The van der Waals surface area contributed by atoms with Crippen molar-refractivity contribution in [3.8, 4) is 0 Å². The predicted molar refractivity (Wildman–Crippen MR) is 73.8 cm³/mol. The van der Waals surface area contributed by atoms with Crippen molar-refractivity contribution in [3.05, 3.63) is 18.2 Å². The first-order valence-corrected chi connectivity index (χ1v) is 6.87. The number of carbonyl (C=O) groups is 1. The van der Waals surface area contributed by atoms with Crippen molar-refractivity contribution in [1.29, 1.82) is 0 Å². The molecule has 1 fully saturated rings. The maximum atomic E-state index is 12.3. The lowest BCUT2D eigenvalue weighted by molar-refractivity contribution is 0.0563. The molecule has 1 amide bonds. The highest BCUT2D eigenvalue weighted by Gasteiger charge is 2.26. The second-order valence-electron chi connectivity index (χ2n) is 5.02. The SMILES string of the molecule is CCC(CN)N1CCN(C(=O)c2cncn2C)CC1. The Bertz CT molecular complexity index is 418. The third-order valence-electron chi connectivity index (χ3n) is 3.90. The van der Waals surface area contributed by atoms with E-state index in [9.17, 15) is 4.79 Å². The van der Waals surface area contributed by atoms with Gasteiger partial charge in [0, 0.05) is 45.8 Å². The first-order chi connectivity index (χ1) is 9.17. The Balaban J connectivity index is 1.93. The van der Waals surface area contributed by atoms with Gasteiger partial charge in [0.05, 0.1) is 12.5 Å². The number of rotatable bonds is 4. The van der Waals surface area contributed by atoms with Gasteiger partial charge in [-0.25, -0.2) is 4.98 Å². The Morgan fingerprint density at radius 1 is 1.42 bits per heavy atom. The number of aromatic nitrogens is 2. The molecule has 2 N–H and O–H groups in total. The molecule has 1 aliphatic heterocycles. The molecule has 6 nitrogen and oxygen atoms in total. The van der Waals surface area contributed by atoms with Crippen LogP contribution >= 0.6 is 0 Å². The van der Waals surface area contributed by atoms with Crippen molar-refractivity contribution in [1.82, 2.24) is 19.4 Å². The molecule has 1 unspecified atom stereocenters. The number of carbonyl (C=O) groups excluding carboxylic acids is 1. The number of hydrogen-bond acceptors (Lipinski definition) is 4. The van der Waals surface area contributed by atoms with E-state index in [0.29, 0.717) is 18.3 Å². The van der Waals surface area contributed by atoms with Crippen LogP contribution in [-0.2, 0) is 7.05 Å². The van der Waals surface area contributed by atoms with E-state index >= 15 is 0 Å². The molecule has 1 aromatic heterocycles. The highest BCUT2D eigenvalue weighted by Crippen LogP contribution is 2.11. The zero-order valence-electron chi connectivity index (χ0n) is 11.7. The van der Waals surface area contributed by atoms with E-state index < -0.39 is 0 Å². The molecule has 19 heavy (non-hydrogen) atoms. The number of aryl methyl sites for hydroxylation is 1. The lowest BCUT2D eigenvalue weighted by Crippen LogP contribution is -2.53. The topological polar surface area (TPSA) is 67.4 Å². The van der Waals surface area contributed by atoms with Crippen LogP contribution < -0.4 is 5.73 Å². The molecule has 1 atom stereocenters. The monoisotopic (exact) mass is 265 g/mol. The molecule has 0 spiro atoms. The summed E-state index contributed by atoms with van der Waals surface area (Å²) in [5.74, 6) is 0.0699. The van der Waals surface area contributed by atoms with Crippen LogP contribution in [0.15, 0.2) is 12.5 Å². The van der Waals surface area contributed by atoms with Crippen LogP contribution in [0, 0.1) is 0 Å². The number of nitrogens with zero attached hydrogens (tertiary/aromatic N) is 4. The molecule has 0 radical (unpaired) electrons. The van der Waals surface area contributed by atoms with Crippen molar-refractivity contribution < 1.29 is 4.79 Å². The summed E-state index contributed by atoms with van der Waals surface area (Å²) in [7, 11) is 1.85. The van der Waals surface area contributed by atoms with Gasteiger partial charge in [0.25, 0.3) is 5.91 Å². The van der Waals surface area contributed by atoms with Crippen LogP contribution in [0.1, 0.15) is 23.8 Å². The Kier molecular flexibility index (Phi) is 4.55. The quantitative estimate of drug-likeness (QED) is 0.826. The van der Waals surface area contributed by atoms with Gasteiger partial charge >= 0.3 is 0 Å². The third kappa shape index (κ3) is 2.96. The second kappa shape index (κ2) is 6.16. The second-order valence-corrected chi connectivity index (χ2v) is 5.02. The van der Waals surface area contributed by atoms with Gasteiger partial charge in [-0.3, -0.25) is 9.69 Å². The first kappa shape index (κ1) is 14.0. The summed E-state index contributed by atoms with van der Waals surface area (Å²) in [6, 6.07) is 0.439. The zero-order chi connectivity index (χ0) is 13.8. The van der Waals surface area contributed by atoms with Gasteiger partial charge in [-0.1, -0.05) is 6.92 Å². The van der Waals surface area contributed by atoms with Gasteiger partial charge in [-0.2, -0.15) is 0 Å². The summed E-state index contributed by atoms with van der Waals surface area (Å²) >= 11 is 0. The van der Waals surface area contributed by atoms with Crippen LogP contribution in [0.5, 0.6) is 0 Å². The lowest BCUT2D eigenvalue weighted by Gasteiger charge is -2.38. The first-order valence-electron chi connectivity index (χ1n) is 6.87. The number of amides is 1. The fourth-order valence-corrected chi connectivity index (χ4v) is 2.59. The molecular formula is C13H23N5O. The summed E-state index contributed by atoms with van der Waals surface area (Å²) in [6.45, 7) is 6.18. The van der Waals surface area contributed by atoms with E-state index in [-0.39, 0.29) is 5.91 Å². The summed E-state index contributed by atoms with van der Waals surface area (Å²) in [4.78, 5) is 20.6. The minimum atomic E-state index is 0.0699. The Morgan fingerprint density at radius 2 is 2.11 bits per heavy atom. The van der Waals surface area contributed by atoms with Gasteiger partial charge in [-0.05, 0) is 6.42 Å². The minimum absolute atomic E-state index is 0.0699. The summed E-state index contributed by atoms with van der Waals surface area (Å²) in [5, 5.41) is 0. The zero-order valence-corrected chi connectivity index (χ0v) is 11.7. The van der Waals surface area contributed by atoms with Crippen LogP contribution in [-0.4, -0.2) is 64.0 Å². The predicted octanol–water partition coefficient (Wildman–Crippen LogP) is -0.0848. The Morgan fingerprint density at radius 3 is 2.58 bits per heavy atom. The van der Waals surface area contributed by atoms with Crippen molar-refractivity contribution >= 4 is 5.91 Å². The molecule has 0 aliphatic carbocycles. The molecule has 1 aromatic rings. The molecule has 0 aromatic carbocycles. The molecule has 6 heteroatoms. The van der Waals surface area contributed by atoms with Crippen LogP contribution in [0.2, 0.25) is 0 Å². The molecule has 0 saturated carbocycles. The van der Waals surface area contributed by atoms with Crippen molar-refractivity contribution in [2.24, 2.45) is 12.8 Å². The summed E-state index contributed by atoms with van der Waals surface area (Å²) in [5.41, 5.74) is 6.42. The highest BCUT2D eigenvalue weighted by atomic mass is 16.2. The van der Waals surface area contributed by atoms with Crippen molar-refractivity contribution in [3.63, 3.8) is 0 Å². The van der Waals surface area contributed by atoms with Gasteiger partial charge in [0.2, 0.25) is 0 Å². The molecule has 106 valence electrons. The van der Waals surface area contributed by atoms with E-state index in [2.05, 4.69) is 16.8 Å². The van der Waals surface area contributed by atoms with Crippen molar-refractivity contribution in [2.75, 3.05) is 32.7 Å². The van der Waals surface area contributed by atoms with Gasteiger partial charge in [0.1, 0.15) is 5.69 Å². The lowest BCUT2D eigenvalue weighted by atomic mass is 10.1. The highest BCUT2D eigenvalue weighted by molar-refractivity contribution is 5.92. The van der Waals surface area contributed by atoms with E-state index in [4.69, 9.17) is 5.73 Å². The van der Waals surface area contributed by atoms with E-state index in [1.165, 1.54) is 0 Å². The fraction of sp³-hybridized carbons (Fsp3) is 0.692. The molecule has 1 aliphatic rings. The number of hydrogen-bond donors (Lipinski definition) is 1. The maximum absolute atomic E-state index is 12.3. The number of nitrogens with two attached hydrogens (primary N) is 1. The van der Waals surface area contributed by atoms with Crippen LogP contribution in [0.25, 0.3) is 0 Å². The van der Waals surface area contributed by atoms with E-state index in [0.717, 1.165) is 32.6 Å². The molecule has 1 saturated heterocycles. The van der Waals surface area contributed by atoms with Gasteiger partial charge in [-0.15, -0.1) is 0 Å². The number of imidazole rings is 1. The smallest absolute Gasteiger partial charge is 0.272 e. The molecular weight excluding hydrogens is 242 g/mol. The molecule has 0 bridgehead atoms.